The van der Waals surface area contributed by atoms with Crippen LogP contribution in [0, 0.1) is 11.7 Å². The van der Waals surface area contributed by atoms with Crippen LogP contribution in [0.25, 0.3) is 0 Å². The summed E-state index contributed by atoms with van der Waals surface area (Å²) in [6, 6.07) is 0. The molecule has 0 aliphatic rings. The van der Waals surface area contributed by atoms with Gasteiger partial charge in [0.1, 0.15) is 0 Å². The lowest BCUT2D eigenvalue weighted by atomic mass is 10.1. The molecule has 0 fully saturated rings. The van der Waals surface area contributed by atoms with Gasteiger partial charge in [-0.05, 0) is 19.3 Å². The maximum absolute atomic E-state index is 13.4. The second kappa shape index (κ2) is 7.01. The van der Waals surface area contributed by atoms with E-state index in [0.29, 0.717) is 25.5 Å². The number of aromatic nitrogens is 2. The summed E-state index contributed by atoms with van der Waals surface area (Å²) in [6.45, 7) is 5.29. The predicted molar refractivity (Wildman–Crippen MR) is 65.5 cm³/mol. The molecule has 3 N–H and O–H groups in total. The summed E-state index contributed by atoms with van der Waals surface area (Å²) in [5.41, 5.74) is 0. The van der Waals surface area contributed by atoms with Gasteiger partial charge in [0, 0.05) is 19.7 Å². The fourth-order valence-corrected chi connectivity index (χ4v) is 1.33. The van der Waals surface area contributed by atoms with Crippen LogP contribution < -0.4 is 10.6 Å². The van der Waals surface area contributed by atoms with Gasteiger partial charge in [0.15, 0.2) is 11.6 Å². The van der Waals surface area contributed by atoms with Crippen LogP contribution in [0.1, 0.15) is 20.3 Å². The smallest absolute Gasteiger partial charge is 0.224 e. The molecule has 0 spiro atoms. The standard InChI is InChI=1S/C11H19FN4O/c1-3-13-11-15-7-9(12)10(16-11)14-6-8(2)4-5-17/h7-8,17H,3-6H2,1-2H3,(H2,13,14,15,16). The van der Waals surface area contributed by atoms with E-state index in [-0.39, 0.29) is 18.3 Å². The monoisotopic (exact) mass is 242 g/mol. The minimum absolute atomic E-state index is 0.137. The van der Waals surface area contributed by atoms with Crippen molar-refractivity contribution in [2.24, 2.45) is 5.92 Å². The highest BCUT2D eigenvalue weighted by Gasteiger charge is 2.08. The molecule has 17 heavy (non-hydrogen) atoms. The van der Waals surface area contributed by atoms with E-state index in [0.717, 1.165) is 6.20 Å². The Balaban J connectivity index is 2.59. The molecule has 6 heteroatoms. The van der Waals surface area contributed by atoms with E-state index in [1.165, 1.54) is 0 Å². The lowest BCUT2D eigenvalue weighted by molar-refractivity contribution is 0.265. The molecule has 96 valence electrons. The number of aliphatic hydroxyl groups excluding tert-OH is 1. The molecule has 0 aromatic carbocycles. The van der Waals surface area contributed by atoms with E-state index in [2.05, 4.69) is 20.6 Å². The number of hydrogen-bond donors (Lipinski definition) is 3. The molecule has 1 atom stereocenters. The highest BCUT2D eigenvalue weighted by molar-refractivity contribution is 5.40. The van der Waals surface area contributed by atoms with E-state index in [4.69, 9.17) is 5.11 Å². The molecular formula is C11H19FN4O. The average molecular weight is 242 g/mol. The van der Waals surface area contributed by atoms with Crippen molar-refractivity contribution < 1.29 is 9.50 Å². The van der Waals surface area contributed by atoms with E-state index in [1.807, 2.05) is 13.8 Å². The summed E-state index contributed by atoms with van der Waals surface area (Å²) in [4.78, 5) is 7.84. The molecular weight excluding hydrogens is 223 g/mol. The summed E-state index contributed by atoms with van der Waals surface area (Å²) in [7, 11) is 0. The van der Waals surface area contributed by atoms with E-state index in [1.54, 1.807) is 0 Å². The van der Waals surface area contributed by atoms with Crippen molar-refractivity contribution in [2.75, 3.05) is 30.3 Å². The van der Waals surface area contributed by atoms with Crippen LogP contribution in [-0.4, -0.2) is 34.8 Å². The largest absolute Gasteiger partial charge is 0.396 e. The van der Waals surface area contributed by atoms with Crippen LogP contribution >= 0.6 is 0 Å². The van der Waals surface area contributed by atoms with Crippen molar-refractivity contribution in [3.63, 3.8) is 0 Å². The van der Waals surface area contributed by atoms with Gasteiger partial charge in [-0.1, -0.05) is 6.92 Å². The molecule has 5 nitrogen and oxygen atoms in total. The number of nitrogens with one attached hydrogen (secondary N) is 2. The molecule has 0 aliphatic heterocycles. The van der Waals surface area contributed by atoms with Gasteiger partial charge in [-0.2, -0.15) is 4.98 Å². The van der Waals surface area contributed by atoms with Crippen molar-refractivity contribution >= 4 is 11.8 Å². The van der Waals surface area contributed by atoms with Crippen LogP contribution in [0.15, 0.2) is 6.20 Å². The first kappa shape index (κ1) is 13.6. The van der Waals surface area contributed by atoms with Crippen LogP contribution in [0.2, 0.25) is 0 Å². The number of rotatable bonds is 7. The lowest BCUT2D eigenvalue weighted by Crippen LogP contribution is -2.15. The van der Waals surface area contributed by atoms with Crippen molar-refractivity contribution in [1.29, 1.82) is 0 Å². The SMILES string of the molecule is CCNc1ncc(F)c(NCC(C)CCO)n1. The van der Waals surface area contributed by atoms with Gasteiger partial charge in [-0.25, -0.2) is 9.37 Å². The quantitative estimate of drug-likeness (QED) is 0.675. The topological polar surface area (TPSA) is 70.1 Å². The molecule has 1 heterocycles. The Bertz CT molecular complexity index is 348. The Hall–Kier alpha value is -1.43. The minimum Gasteiger partial charge on any atom is -0.396 e. The third-order valence-corrected chi connectivity index (χ3v) is 2.32. The van der Waals surface area contributed by atoms with Gasteiger partial charge < -0.3 is 15.7 Å². The third kappa shape index (κ3) is 4.52. The van der Waals surface area contributed by atoms with Gasteiger partial charge >= 0.3 is 0 Å². The first-order chi connectivity index (χ1) is 8.17. The second-order valence-corrected chi connectivity index (χ2v) is 3.92. The summed E-state index contributed by atoms with van der Waals surface area (Å²) in [5, 5.41) is 14.6. The van der Waals surface area contributed by atoms with Gasteiger partial charge in [-0.3, -0.25) is 0 Å². The maximum atomic E-state index is 13.4. The Labute approximate surface area is 100 Å². The molecule has 0 bridgehead atoms. The van der Waals surface area contributed by atoms with Crippen LogP contribution in [0.4, 0.5) is 16.2 Å². The first-order valence-electron chi connectivity index (χ1n) is 5.78. The molecule has 0 aliphatic carbocycles. The average Bonchev–Trinajstić information content (AvgIpc) is 2.30. The van der Waals surface area contributed by atoms with E-state index >= 15 is 0 Å². The Morgan fingerprint density at radius 1 is 1.47 bits per heavy atom. The number of halogens is 1. The van der Waals surface area contributed by atoms with Crippen molar-refractivity contribution in [1.82, 2.24) is 9.97 Å². The second-order valence-electron chi connectivity index (χ2n) is 3.92. The van der Waals surface area contributed by atoms with Crippen LogP contribution in [0.3, 0.4) is 0 Å². The molecule has 1 unspecified atom stereocenters. The van der Waals surface area contributed by atoms with Gasteiger partial charge in [-0.15, -0.1) is 0 Å². The lowest BCUT2D eigenvalue weighted by Gasteiger charge is -2.12. The number of aliphatic hydroxyl groups is 1. The molecule has 1 aromatic rings. The minimum atomic E-state index is -0.470. The molecule has 1 rings (SSSR count). The highest BCUT2D eigenvalue weighted by atomic mass is 19.1. The van der Waals surface area contributed by atoms with E-state index < -0.39 is 5.82 Å². The van der Waals surface area contributed by atoms with Crippen molar-refractivity contribution in [3.8, 4) is 0 Å². The molecule has 0 saturated carbocycles. The molecule has 0 radical (unpaired) electrons. The Kier molecular flexibility index (Phi) is 5.62. The van der Waals surface area contributed by atoms with Gasteiger partial charge in [0.05, 0.1) is 6.20 Å². The van der Waals surface area contributed by atoms with E-state index in [9.17, 15) is 4.39 Å². The predicted octanol–water partition coefficient (Wildman–Crippen LogP) is 1.48. The maximum Gasteiger partial charge on any atom is 0.224 e. The Morgan fingerprint density at radius 2 is 2.24 bits per heavy atom. The van der Waals surface area contributed by atoms with Crippen molar-refractivity contribution in [3.05, 3.63) is 12.0 Å². The van der Waals surface area contributed by atoms with Gasteiger partial charge in [0.25, 0.3) is 0 Å². The zero-order chi connectivity index (χ0) is 12.7. The highest BCUT2D eigenvalue weighted by Crippen LogP contribution is 2.13. The summed E-state index contributed by atoms with van der Waals surface area (Å²) < 4.78 is 13.4. The summed E-state index contributed by atoms with van der Waals surface area (Å²) >= 11 is 0. The van der Waals surface area contributed by atoms with Crippen molar-refractivity contribution in [2.45, 2.75) is 20.3 Å². The summed E-state index contributed by atoms with van der Waals surface area (Å²) in [6.07, 6.45) is 1.82. The fourth-order valence-electron chi connectivity index (χ4n) is 1.33. The van der Waals surface area contributed by atoms with Crippen LogP contribution in [0.5, 0.6) is 0 Å². The number of anilines is 2. The molecule has 0 saturated heterocycles. The third-order valence-electron chi connectivity index (χ3n) is 2.32. The normalized spacial score (nSPS) is 12.2. The number of nitrogens with zero attached hydrogens (tertiary/aromatic N) is 2. The fraction of sp³-hybridized carbons (Fsp3) is 0.636. The Morgan fingerprint density at radius 3 is 2.88 bits per heavy atom. The summed E-state index contributed by atoms with van der Waals surface area (Å²) in [5.74, 6) is 0.395. The zero-order valence-corrected chi connectivity index (χ0v) is 10.2. The molecule has 1 aromatic heterocycles. The number of hydrogen-bond acceptors (Lipinski definition) is 5. The molecule has 0 amide bonds. The zero-order valence-electron chi connectivity index (χ0n) is 10.2. The first-order valence-corrected chi connectivity index (χ1v) is 5.78. The van der Waals surface area contributed by atoms with Crippen LogP contribution in [-0.2, 0) is 0 Å². The van der Waals surface area contributed by atoms with Gasteiger partial charge in [0.2, 0.25) is 5.95 Å².